The maximum absolute atomic E-state index is 14.7. The number of fused-ring (bicyclic) bond motifs is 5. The summed E-state index contributed by atoms with van der Waals surface area (Å²) in [4.78, 5) is 3.23. The van der Waals surface area contributed by atoms with Crippen molar-refractivity contribution in [2.75, 3.05) is 4.90 Å². The Balaban J connectivity index is 1.04. The molecule has 5 aliphatic rings. The number of hydrogen-bond donors (Lipinski definition) is 0. The molecule has 0 radical (unpaired) electrons. The van der Waals surface area contributed by atoms with E-state index in [0.29, 0.717) is 21.6 Å². The van der Waals surface area contributed by atoms with Crippen molar-refractivity contribution in [3.8, 4) is 11.1 Å². The molecule has 12 rings (SSSR count). The second-order valence-electron chi connectivity index (χ2n) is 15.4. The third-order valence-electron chi connectivity index (χ3n) is 12.9. The topological polar surface area (TPSA) is 37.4 Å². The quantitative estimate of drug-likeness (QED) is 0.184. The van der Waals surface area contributed by atoms with Gasteiger partial charge in [-0.25, -0.2) is 8.42 Å². The van der Waals surface area contributed by atoms with E-state index in [0.717, 1.165) is 45.6 Å². The van der Waals surface area contributed by atoms with E-state index in [1.54, 1.807) is 0 Å². The fraction of sp³-hybridized carbons (Fsp3) is 0.217. The first kappa shape index (κ1) is 30.0. The minimum atomic E-state index is -3.73. The Morgan fingerprint density at radius 1 is 0.510 bits per heavy atom. The number of sulfone groups is 1. The van der Waals surface area contributed by atoms with Gasteiger partial charge in [-0.1, -0.05) is 84.9 Å². The summed E-state index contributed by atoms with van der Waals surface area (Å²) < 4.78 is 32.0. The van der Waals surface area contributed by atoms with Crippen LogP contribution in [0.25, 0.3) is 31.3 Å². The third kappa shape index (κ3) is 4.25. The van der Waals surface area contributed by atoms with Gasteiger partial charge in [-0.2, -0.15) is 0 Å². The van der Waals surface area contributed by atoms with Crippen LogP contribution < -0.4 is 4.90 Å². The van der Waals surface area contributed by atoms with Crippen LogP contribution in [0.4, 0.5) is 17.1 Å². The lowest BCUT2D eigenvalue weighted by Crippen LogP contribution is -2.57. The average molecular weight is 700 g/mol. The second kappa shape index (κ2) is 10.9. The molecule has 1 aromatic heterocycles. The second-order valence-corrected chi connectivity index (χ2v) is 18.4. The molecule has 2 heterocycles. The highest BCUT2D eigenvalue weighted by Crippen LogP contribution is 2.68. The van der Waals surface area contributed by atoms with Gasteiger partial charge in [0.25, 0.3) is 0 Å². The maximum Gasteiger partial charge on any atom is 0.207 e. The molecular formula is C46H37NO2S2. The van der Waals surface area contributed by atoms with Crippen molar-refractivity contribution in [3.05, 3.63) is 151 Å². The van der Waals surface area contributed by atoms with Crippen molar-refractivity contribution in [2.24, 2.45) is 23.7 Å². The Labute approximate surface area is 303 Å². The number of nitrogens with zero attached hydrogens (tertiary/aromatic N) is 1. The molecule has 4 bridgehead atoms. The Morgan fingerprint density at radius 3 is 1.90 bits per heavy atom. The lowest BCUT2D eigenvalue weighted by Gasteiger charge is -2.63. The SMILES string of the molecule is O=S1(=O)c2ccccc2C2(c3ccc(N(c4ccccc4)c4ccc(-c5ccc6c(c5)sc5ccccc56)cc4)cc31)C1CC3CC(C1)CC2C3. The minimum Gasteiger partial charge on any atom is -0.310 e. The van der Waals surface area contributed by atoms with Crippen LogP contribution in [-0.4, -0.2) is 8.42 Å². The first-order chi connectivity index (χ1) is 25.0. The summed E-state index contributed by atoms with van der Waals surface area (Å²) in [6.07, 6.45) is 6.20. The van der Waals surface area contributed by atoms with Gasteiger partial charge in [0, 0.05) is 42.6 Å². The smallest absolute Gasteiger partial charge is 0.207 e. The maximum atomic E-state index is 14.7. The zero-order chi connectivity index (χ0) is 33.9. The predicted octanol–water partition coefficient (Wildman–Crippen LogP) is 12.1. The molecule has 4 fully saturated rings. The number of anilines is 3. The molecule has 250 valence electrons. The first-order valence-electron chi connectivity index (χ1n) is 18.3. The molecule has 1 spiro atoms. The minimum absolute atomic E-state index is 0.238. The molecule has 1 aliphatic heterocycles. The molecule has 0 saturated heterocycles. The van der Waals surface area contributed by atoms with E-state index in [1.807, 2.05) is 47.7 Å². The van der Waals surface area contributed by atoms with E-state index in [9.17, 15) is 8.42 Å². The van der Waals surface area contributed by atoms with E-state index in [2.05, 4.69) is 108 Å². The fourth-order valence-corrected chi connectivity index (χ4v) is 14.0. The van der Waals surface area contributed by atoms with E-state index in [1.165, 1.54) is 57.8 Å². The zero-order valence-electron chi connectivity index (χ0n) is 28.2. The van der Waals surface area contributed by atoms with Crippen LogP contribution >= 0.6 is 11.3 Å². The molecule has 51 heavy (non-hydrogen) atoms. The van der Waals surface area contributed by atoms with Crippen molar-refractivity contribution in [1.29, 1.82) is 0 Å². The average Bonchev–Trinajstić information content (AvgIpc) is 3.54. The third-order valence-corrected chi connectivity index (χ3v) is 15.8. The van der Waals surface area contributed by atoms with Crippen molar-refractivity contribution in [1.82, 2.24) is 0 Å². The van der Waals surface area contributed by atoms with E-state index in [4.69, 9.17) is 0 Å². The predicted molar refractivity (Wildman–Crippen MR) is 209 cm³/mol. The molecule has 3 nitrogen and oxygen atoms in total. The van der Waals surface area contributed by atoms with Gasteiger partial charge in [-0.15, -0.1) is 11.3 Å². The molecule has 4 saturated carbocycles. The van der Waals surface area contributed by atoms with Crippen LogP contribution in [-0.2, 0) is 15.3 Å². The molecule has 4 aliphatic carbocycles. The van der Waals surface area contributed by atoms with Gasteiger partial charge in [-0.05, 0) is 133 Å². The van der Waals surface area contributed by atoms with Gasteiger partial charge in [0.05, 0.1) is 9.79 Å². The highest BCUT2D eigenvalue weighted by molar-refractivity contribution is 7.91. The molecule has 0 N–H and O–H groups in total. The molecule has 0 unspecified atom stereocenters. The monoisotopic (exact) mass is 699 g/mol. The summed E-state index contributed by atoms with van der Waals surface area (Å²) in [5.41, 5.74) is 7.05. The Morgan fingerprint density at radius 2 is 1.12 bits per heavy atom. The number of thiophene rings is 1. The van der Waals surface area contributed by atoms with Crippen LogP contribution in [0.3, 0.4) is 0 Å². The first-order valence-corrected chi connectivity index (χ1v) is 20.6. The van der Waals surface area contributed by atoms with E-state index < -0.39 is 9.84 Å². The fourth-order valence-electron chi connectivity index (χ4n) is 11.1. The van der Waals surface area contributed by atoms with Crippen LogP contribution in [0.1, 0.15) is 43.2 Å². The number of benzene rings is 6. The highest BCUT2D eigenvalue weighted by Gasteiger charge is 2.62. The standard InChI is InChI=1S/C46H37NO2S2/c48-51(49)44-13-7-5-11-40(44)46(33-23-29-22-30(25-33)26-34(46)24-29)41-21-19-37(28-45(41)51)47(35-8-2-1-3-9-35)36-17-14-31(15-18-36)32-16-20-39-38-10-4-6-12-42(38)50-43(39)27-32/h1-21,27-30,33-34H,22-26H2. The van der Waals surface area contributed by atoms with Gasteiger partial charge in [0.2, 0.25) is 9.84 Å². The zero-order valence-corrected chi connectivity index (χ0v) is 29.8. The van der Waals surface area contributed by atoms with Crippen LogP contribution in [0.5, 0.6) is 0 Å². The number of para-hydroxylation sites is 1. The molecule has 7 aromatic rings. The van der Waals surface area contributed by atoms with Crippen LogP contribution in [0.15, 0.2) is 149 Å². The molecule has 5 heteroatoms. The summed E-state index contributed by atoms with van der Waals surface area (Å²) >= 11 is 1.84. The van der Waals surface area contributed by atoms with Gasteiger partial charge in [0.15, 0.2) is 0 Å². The van der Waals surface area contributed by atoms with Gasteiger partial charge in [0.1, 0.15) is 0 Å². The number of rotatable bonds is 4. The summed E-state index contributed by atoms with van der Waals surface area (Å²) in [6.45, 7) is 0. The Hall–Kier alpha value is -4.71. The van der Waals surface area contributed by atoms with Crippen molar-refractivity contribution in [2.45, 2.75) is 47.3 Å². The van der Waals surface area contributed by atoms with E-state index >= 15 is 0 Å². The largest absolute Gasteiger partial charge is 0.310 e. The molecule has 0 atom stereocenters. The van der Waals surface area contributed by atoms with Crippen molar-refractivity contribution in [3.63, 3.8) is 0 Å². The lowest BCUT2D eigenvalue weighted by atomic mass is 9.42. The Bertz CT molecular complexity index is 2590. The van der Waals surface area contributed by atoms with Gasteiger partial charge in [-0.3, -0.25) is 0 Å². The van der Waals surface area contributed by atoms with E-state index in [-0.39, 0.29) is 5.41 Å². The van der Waals surface area contributed by atoms with Crippen LogP contribution in [0, 0.1) is 23.7 Å². The number of hydrogen-bond acceptors (Lipinski definition) is 4. The summed E-state index contributed by atoms with van der Waals surface area (Å²) in [6, 6.07) is 48.8. The molecule has 0 amide bonds. The highest BCUT2D eigenvalue weighted by atomic mass is 32.2. The summed E-state index contributed by atoms with van der Waals surface area (Å²) in [7, 11) is -3.73. The Kier molecular flexibility index (Phi) is 6.40. The summed E-state index contributed by atoms with van der Waals surface area (Å²) in [5, 5.41) is 2.61. The molecular weight excluding hydrogens is 663 g/mol. The summed E-state index contributed by atoms with van der Waals surface area (Å²) in [5.74, 6) is 2.55. The normalized spacial score (nSPS) is 25.3. The van der Waals surface area contributed by atoms with Crippen molar-refractivity contribution < 1.29 is 8.42 Å². The van der Waals surface area contributed by atoms with Gasteiger partial charge >= 0.3 is 0 Å². The van der Waals surface area contributed by atoms with Crippen molar-refractivity contribution >= 4 is 58.4 Å². The van der Waals surface area contributed by atoms with Gasteiger partial charge < -0.3 is 4.90 Å². The molecule has 6 aromatic carbocycles. The van der Waals surface area contributed by atoms with Crippen LogP contribution in [0.2, 0.25) is 0 Å². The lowest BCUT2D eigenvalue weighted by molar-refractivity contribution is -0.0446.